The average Bonchev–Trinajstić information content (AvgIpc) is 2.99. The summed E-state index contributed by atoms with van der Waals surface area (Å²) >= 11 is 0. The minimum Gasteiger partial charge on any atom is -0.461 e. The first kappa shape index (κ1) is 20.1. The molecule has 1 aliphatic heterocycles. The van der Waals surface area contributed by atoms with Crippen LogP contribution in [0.1, 0.15) is 51.9 Å². The molecule has 0 spiro atoms. The molecule has 1 N–H and O–H groups in total. The Hall–Kier alpha value is -1.62. The van der Waals surface area contributed by atoms with E-state index >= 15 is 0 Å². The fourth-order valence-electron chi connectivity index (χ4n) is 4.35. The zero-order valence-corrected chi connectivity index (χ0v) is 17.3. The molecule has 27 heavy (non-hydrogen) atoms. The number of aliphatic hydroxyl groups is 1. The smallest absolute Gasteiger partial charge is 0.134 e. The van der Waals surface area contributed by atoms with Crippen molar-refractivity contribution in [2.45, 2.75) is 70.2 Å². The average molecular weight is 372 g/mol. The Kier molecular flexibility index (Phi) is 5.53. The Morgan fingerprint density at radius 1 is 1.30 bits per heavy atom. The molecular formula is C23H33NO3. The quantitative estimate of drug-likeness (QED) is 0.803. The molecule has 0 amide bonds. The van der Waals surface area contributed by atoms with Gasteiger partial charge in [0, 0.05) is 22.9 Å². The number of aliphatic hydroxyl groups excluding tert-OH is 1. The molecule has 1 saturated heterocycles. The van der Waals surface area contributed by atoms with Crippen molar-refractivity contribution in [2.24, 2.45) is 0 Å². The Labute approximate surface area is 162 Å². The molecule has 2 aromatic rings. The van der Waals surface area contributed by atoms with Crippen LogP contribution in [0, 0.1) is 0 Å². The molecule has 1 atom stereocenters. The highest BCUT2D eigenvalue weighted by molar-refractivity contribution is 5.87. The summed E-state index contributed by atoms with van der Waals surface area (Å²) in [4.78, 5) is 2.43. The van der Waals surface area contributed by atoms with Crippen molar-refractivity contribution in [3.8, 4) is 0 Å². The summed E-state index contributed by atoms with van der Waals surface area (Å²) in [5.74, 6) is 0.777. The summed E-state index contributed by atoms with van der Waals surface area (Å²) < 4.78 is 12.0. The van der Waals surface area contributed by atoms with Gasteiger partial charge in [-0.2, -0.15) is 0 Å². The molecule has 1 fully saturated rings. The van der Waals surface area contributed by atoms with E-state index in [0.717, 1.165) is 35.1 Å². The van der Waals surface area contributed by atoms with Crippen LogP contribution in [-0.4, -0.2) is 46.9 Å². The number of hydrogen-bond acceptors (Lipinski definition) is 4. The Morgan fingerprint density at radius 2 is 1.96 bits per heavy atom. The van der Waals surface area contributed by atoms with Gasteiger partial charge in [-0.15, -0.1) is 0 Å². The van der Waals surface area contributed by atoms with Crippen molar-refractivity contribution < 1.29 is 14.3 Å². The van der Waals surface area contributed by atoms with E-state index in [2.05, 4.69) is 46.2 Å². The van der Waals surface area contributed by atoms with E-state index in [1.165, 1.54) is 0 Å². The number of furan rings is 1. The van der Waals surface area contributed by atoms with Crippen molar-refractivity contribution in [2.75, 3.05) is 13.7 Å². The summed E-state index contributed by atoms with van der Waals surface area (Å²) in [6, 6.07) is 7.91. The van der Waals surface area contributed by atoms with E-state index in [-0.39, 0.29) is 17.2 Å². The lowest BCUT2D eigenvalue weighted by Crippen LogP contribution is -2.60. The molecule has 1 aromatic heterocycles. The van der Waals surface area contributed by atoms with Crippen LogP contribution in [0.15, 0.2) is 35.3 Å². The number of likely N-dealkylation sites (tertiary alicyclic amines) is 1. The molecule has 4 heteroatoms. The van der Waals surface area contributed by atoms with Crippen molar-refractivity contribution >= 4 is 17.0 Å². The summed E-state index contributed by atoms with van der Waals surface area (Å²) in [7, 11) is 2.18. The van der Waals surface area contributed by atoms with Crippen LogP contribution in [0.3, 0.4) is 0 Å². The van der Waals surface area contributed by atoms with Gasteiger partial charge in [0.1, 0.15) is 11.3 Å². The molecule has 1 aliphatic rings. The standard InChI is InChI=1S/C23H33NO3/c1-7-16-9-8-10-21-20(16)12-18(27-21)11-17(25)15-26-19-13-22(2,3)24(6)23(4,5)14-19/h7-10,12,17,19,25H,1,11,13-15H2,2-6H3. The monoisotopic (exact) mass is 371 g/mol. The van der Waals surface area contributed by atoms with Gasteiger partial charge in [0.2, 0.25) is 0 Å². The summed E-state index contributed by atoms with van der Waals surface area (Å²) in [6.45, 7) is 13.2. The third-order valence-corrected chi connectivity index (χ3v) is 6.10. The molecule has 1 aromatic carbocycles. The van der Waals surface area contributed by atoms with Crippen LogP contribution in [0.5, 0.6) is 0 Å². The molecule has 1 unspecified atom stereocenters. The van der Waals surface area contributed by atoms with Gasteiger partial charge in [0.15, 0.2) is 0 Å². The third-order valence-electron chi connectivity index (χ3n) is 6.10. The maximum atomic E-state index is 10.5. The predicted octanol–water partition coefficient (Wildman–Crippen LogP) is 4.65. The molecule has 0 radical (unpaired) electrons. The Morgan fingerprint density at radius 3 is 2.59 bits per heavy atom. The number of nitrogens with zero attached hydrogens (tertiary/aromatic N) is 1. The van der Waals surface area contributed by atoms with Crippen LogP contribution in [0.2, 0.25) is 0 Å². The second-order valence-electron chi connectivity index (χ2n) is 9.08. The highest BCUT2D eigenvalue weighted by atomic mass is 16.5. The lowest BCUT2D eigenvalue weighted by atomic mass is 9.79. The zero-order valence-electron chi connectivity index (χ0n) is 17.3. The predicted molar refractivity (Wildman–Crippen MR) is 111 cm³/mol. The zero-order chi connectivity index (χ0) is 19.8. The maximum absolute atomic E-state index is 10.5. The van der Waals surface area contributed by atoms with E-state index in [1.54, 1.807) is 0 Å². The largest absolute Gasteiger partial charge is 0.461 e. The first-order chi connectivity index (χ1) is 12.6. The fraction of sp³-hybridized carbons (Fsp3) is 0.565. The van der Waals surface area contributed by atoms with E-state index in [9.17, 15) is 5.11 Å². The number of hydrogen-bond donors (Lipinski definition) is 1. The second kappa shape index (κ2) is 7.42. The molecule has 4 nitrogen and oxygen atoms in total. The highest BCUT2D eigenvalue weighted by Gasteiger charge is 2.43. The molecule has 0 aliphatic carbocycles. The second-order valence-corrected chi connectivity index (χ2v) is 9.08. The number of ether oxygens (including phenoxy) is 1. The van der Waals surface area contributed by atoms with Gasteiger partial charge >= 0.3 is 0 Å². The normalized spacial score (nSPS) is 21.4. The summed E-state index contributed by atoms with van der Waals surface area (Å²) in [6.07, 6.45) is 3.78. The molecule has 0 bridgehead atoms. The molecule has 148 valence electrons. The van der Waals surface area contributed by atoms with E-state index in [1.807, 2.05) is 30.3 Å². The van der Waals surface area contributed by atoms with Crippen LogP contribution >= 0.6 is 0 Å². The fourth-order valence-corrected chi connectivity index (χ4v) is 4.35. The summed E-state index contributed by atoms with van der Waals surface area (Å²) in [5, 5.41) is 11.5. The number of benzene rings is 1. The van der Waals surface area contributed by atoms with Crippen LogP contribution in [0.25, 0.3) is 17.0 Å². The van der Waals surface area contributed by atoms with Crippen LogP contribution in [0.4, 0.5) is 0 Å². The lowest BCUT2D eigenvalue weighted by Gasteiger charge is -2.53. The number of rotatable bonds is 6. The van der Waals surface area contributed by atoms with Gasteiger partial charge in [-0.1, -0.05) is 24.8 Å². The topological polar surface area (TPSA) is 45.8 Å². The van der Waals surface area contributed by atoms with Gasteiger partial charge in [0.05, 0.1) is 18.8 Å². The Bertz CT molecular complexity index is 787. The summed E-state index contributed by atoms with van der Waals surface area (Å²) in [5.41, 5.74) is 2.03. The lowest BCUT2D eigenvalue weighted by molar-refractivity contribution is -0.105. The van der Waals surface area contributed by atoms with Crippen molar-refractivity contribution in [3.05, 3.63) is 42.2 Å². The van der Waals surface area contributed by atoms with Crippen molar-refractivity contribution in [1.29, 1.82) is 0 Å². The number of fused-ring (bicyclic) bond motifs is 1. The van der Waals surface area contributed by atoms with Gasteiger partial charge in [0.25, 0.3) is 0 Å². The van der Waals surface area contributed by atoms with E-state index in [0.29, 0.717) is 13.0 Å². The Balaban J connectivity index is 1.60. The first-order valence-electron chi connectivity index (χ1n) is 9.80. The third kappa shape index (κ3) is 4.29. The molecule has 3 rings (SSSR count). The molecular weight excluding hydrogens is 338 g/mol. The van der Waals surface area contributed by atoms with Crippen LogP contribution in [-0.2, 0) is 11.2 Å². The van der Waals surface area contributed by atoms with Gasteiger partial charge in [-0.25, -0.2) is 0 Å². The first-order valence-corrected chi connectivity index (χ1v) is 9.80. The van der Waals surface area contributed by atoms with Gasteiger partial charge in [-0.05, 0) is 65.3 Å². The van der Waals surface area contributed by atoms with E-state index < -0.39 is 6.10 Å². The minimum atomic E-state index is -0.580. The minimum absolute atomic E-state index is 0.0805. The highest BCUT2D eigenvalue weighted by Crippen LogP contribution is 2.38. The van der Waals surface area contributed by atoms with Crippen LogP contribution < -0.4 is 0 Å². The van der Waals surface area contributed by atoms with E-state index in [4.69, 9.17) is 9.15 Å². The molecule has 2 heterocycles. The van der Waals surface area contributed by atoms with Crippen molar-refractivity contribution in [1.82, 2.24) is 4.90 Å². The van der Waals surface area contributed by atoms with Gasteiger partial charge < -0.3 is 14.3 Å². The molecule has 0 saturated carbocycles. The SMILES string of the molecule is C=Cc1cccc2oc(CC(O)COC3CC(C)(C)N(C)C(C)(C)C3)cc12. The van der Waals surface area contributed by atoms with Gasteiger partial charge in [-0.3, -0.25) is 4.90 Å². The maximum Gasteiger partial charge on any atom is 0.134 e. The van der Waals surface area contributed by atoms with Crippen molar-refractivity contribution in [3.63, 3.8) is 0 Å². The number of piperidine rings is 1.